The third-order valence-electron chi connectivity index (χ3n) is 3.99. The van der Waals surface area contributed by atoms with Crippen LogP contribution >= 0.6 is 0 Å². The number of anilines is 1. The van der Waals surface area contributed by atoms with Gasteiger partial charge in [-0.3, -0.25) is 24.7 Å². The monoisotopic (exact) mass is 261 g/mol. The van der Waals surface area contributed by atoms with E-state index in [1.807, 2.05) is 6.92 Å². The molecule has 0 radical (unpaired) electrons. The molecular formula is C13H15N3O3. The minimum absolute atomic E-state index is 0.0479. The Labute approximate surface area is 110 Å². The van der Waals surface area contributed by atoms with Gasteiger partial charge in [0.05, 0.1) is 17.1 Å². The van der Waals surface area contributed by atoms with Crippen LogP contribution in [0.2, 0.25) is 0 Å². The maximum atomic E-state index is 12.3. The highest BCUT2D eigenvalue weighted by atomic mass is 16.6. The average molecular weight is 261 g/mol. The van der Waals surface area contributed by atoms with Gasteiger partial charge in [0.25, 0.3) is 5.69 Å². The summed E-state index contributed by atoms with van der Waals surface area (Å²) in [7, 11) is 0. The van der Waals surface area contributed by atoms with Crippen molar-refractivity contribution in [3.8, 4) is 0 Å². The number of nitro benzene ring substituents is 1. The van der Waals surface area contributed by atoms with Crippen molar-refractivity contribution in [3.05, 3.63) is 34.4 Å². The summed E-state index contributed by atoms with van der Waals surface area (Å²) in [5.74, 6) is 0.0820. The molecule has 0 spiro atoms. The number of nitro groups is 1. The zero-order valence-electron chi connectivity index (χ0n) is 10.7. The molecule has 0 bridgehead atoms. The van der Waals surface area contributed by atoms with Crippen molar-refractivity contribution in [2.45, 2.75) is 32.0 Å². The first kappa shape index (κ1) is 12.1. The molecule has 0 aliphatic carbocycles. The largest absolute Gasteiger partial charge is 0.295 e. The first-order chi connectivity index (χ1) is 9.09. The fourth-order valence-electron chi connectivity index (χ4n) is 3.02. The van der Waals surface area contributed by atoms with E-state index in [1.54, 1.807) is 17.0 Å². The number of non-ortho nitro benzene ring substituents is 1. The quantitative estimate of drug-likeness (QED) is 0.601. The van der Waals surface area contributed by atoms with Gasteiger partial charge >= 0.3 is 0 Å². The molecule has 2 aliphatic rings. The summed E-state index contributed by atoms with van der Waals surface area (Å²) >= 11 is 0. The topological polar surface area (TPSA) is 66.7 Å². The van der Waals surface area contributed by atoms with Crippen molar-refractivity contribution < 1.29 is 9.72 Å². The summed E-state index contributed by atoms with van der Waals surface area (Å²) in [5, 5.41) is 10.6. The van der Waals surface area contributed by atoms with Crippen LogP contribution in [0.4, 0.5) is 11.4 Å². The van der Waals surface area contributed by atoms with Crippen LogP contribution in [0.3, 0.4) is 0 Å². The standard InChI is InChI=1S/C13H15N3O3/c1-9-13(17)15(12-3-2-8-14(9)12)10-4-6-11(7-5-10)16(18)19/h4-7,9,12H,2-3,8H2,1H3/t9-,12+/m0/s1. The smallest absolute Gasteiger partial charge is 0.269 e. The van der Waals surface area contributed by atoms with Crippen molar-refractivity contribution in [3.63, 3.8) is 0 Å². The first-order valence-corrected chi connectivity index (χ1v) is 6.43. The summed E-state index contributed by atoms with van der Waals surface area (Å²) < 4.78 is 0. The van der Waals surface area contributed by atoms with Crippen molar-refractivity contribution in [2.75, 3.05) is 11.4 Å². The second-order valence-electron chi connectivity index (χ2n) is 5.02. The van der Waals surface area contributed by atoms with E-state index in [0.29, 0.717) is 0 Å². The van der Waals surface area contributed by atoms with Gasteiger partial charge in [0.1, 0.15) is 0 Å². The second kappa shape index (κ2) is 4.31. The number of carbonyl (C=O) groups is 1. The van der Waals surface area contributed by atoms with Crippen molar-refractivity contribution in [1.82, 2.24) is 4.90 Å². The number of nitrogens with zero attached hydrogens (tertiary/aromatic N) is 3. The summed E-state index contributed by atoms with van der Waals surface area (Å²) in [6, 6.07) is 6.12. The molecule has 0 aromatic heterocycles. The van der Waals surface area contributed by atoms with Gasteiger partial charge in [-0.2, -0.15) is 0 Å². The normalized spacial score (nSPS) is 26.8. The Morgan fingerprint density at radius 2 is 2.00 bits per heavy atom. The van der Waals surface area contributed by atoms with Gasteiger partial charge in [0, 0.05) is 24.4 Å². The second-order valence-corrected chi connectivity index (χ2v) is 5.02. The molecule has 3 rings (SSSR count). The number of hydrogen-bond donors (Lipinski definition) is 0. The molecule has 2 fully saturated rings. The van der Waals surface area contributed by atoms with Crippen LogP contribution in [-0.2, 0) is 4.79 Å². The van der Waals surface area contributed by atoms with Crippen LogP contribution in [0.5, 0.6) is 0 Å². The van der Waals surface area contributed by atoms with Gasteiger partial charge in [-0.25, -0.2) is 0 Å². The Hall–Kier alpha value is -1.95. The van der Waals surface area contributed by atoms with Crippen molar-refractivity contribution >= 4 is 17.3 Å². The third kappa shape index (κ3) is 1.79. The van der Waals surface area contributed by atoms with Crippen LogP contribution in [-0.4, -0.2) is 34.5 Å². The summed E-state index contributed by atoms with van der Waals surface area (Å²) in [6.07, 6.45) is 2.17. The van der Waals surface area contributed by atoms with Gasteiger partial charge in [0.15, 0.2) is 0 Å². The fourth-order valence-corrected chi connectivity index (χ4v) is 3.02. The Bertz CT molecular complexity index is 528. The molecule has 2 saturated heterocycles. The molecule has 1 aromatic rings. The molecule has 0 N–H and O–H groups in total. The third-order valence-corrected chi connectivity index (χ3v) is 3.99. The van der Waals surface area contributed by atoms with Crippen LogP contribution < -0.4 is 4.90 Å². The van der Waals surface area contributed by atoms with Crippen molar-refractivity contribution in [2.24, 2.45) is 0 Å². The number of carbonyl (C=O) groups excluding carboxylic acids is 1. The maximum Gasteiger partial charge on any atom is 0.269 e. The predicted molar refractivity (Wildman–Crippen MR) is 69.8 cm³/mol. The zero-order valence-corrected chi connectivity index (χ0v) is 10.7. The van der Waals surface area contributed by atoms with Crippen LogP contribution in [0, 0.1) is 10.1 Å². The minimum atomic E-state index is -0.430. The molecule has 2 atom stereocenters. The highest BCUT2D eigenvalue weighted by molar-refractivity contribution is 5.99. The lowest BCUT2D eigenvalue weighted by atomic mass is 10.2. The number of rotatable bonds is 2. The highest BCUT2D eigenvalue weighted by Gasteiger charge is 2.46. The lowest BCUT2D eigenvalue weighted by molar-refractivity contribution is -0.384. The van der Waals surface area contributed by atoms with Crippen LogP contribution in [0.15, 0.2) is 24.3 Å². The molecule has 0 unspecified atom stereocenters. The van der Waals surface area contributed by atoms with Gasteiger partial charge in [-0.15, -0.1) is 0 Å². The molecule has 1 aromatic carbocycles. The van der Waals surface area contributed by atoms with Crippen LogP contribution in [0.1, 0.15) is 19.8 Å². The average Bonchev–Trinajstić information content (AvgIpc) is 2.95. The summed E-state index contributed by atoms with van der Waals surface area (Å²) in [5.41, 5.74) is 0.795. The van der Waals surface area contributed by atoms with E-state index in [1.165, 1.54) is 12.1 Å². The fraction of sp³-hybridized carbons (Fsp3) is 0.462. The maximum absolute atomic E-state index is 12.3. The summed E-state index contributed by atoms with van der Waals surface area (Å²) in [4.78, 5) is 26.5. The SMILES string of the molecule is C[C@H]1C(=O)N(c2ccc([N+](=O)[O-])cc2)[C@@H]2CCCN12. The molecule has 19 heavy (non-hydrogen) atoms. The lowest BCUT2D eigenvalue weighted by Crippen LogP contribution is -2.35. The Morgan fingerprint density at radius 1 is 1.32 bits per heavy atom. The van der Waals surface area contributed by atoms with E-state index in [2.05, 4.69) is 4.90 Å². The molecule has 6 heteroatoms. The predicted octanol–water partition coefficient (Wildman–Crippen LogP) is 1.75. The number of hydrogen-bond acceptors (Lipinski definition) is 4. The molecule has 1 amide bonds. The number of fused-ring (bicyclic) bond motifs is 1. The molecule has 2 heterocycles. The minimum Gasteiger partial charge on any atom is -0.295 e. The van der Waals surface area contributed by atoms with E-state index in [-0.39, 0.29) is 23.8 Å². The van der Waals surface area contributed by atoms with E-state index in [9.17, 15) is 14.9 Å². The van der Waals surface area contributed by atoms with E-state index < -0.39 is 4.92 Å². The van der Waals surface area contributed by atoms with Gasteiger partial charge in [-0.05, 0) is 31.9 Å². The highest BCUT2D eigenvalue weighted by Crippen LogP contribution is 2.35. The van der Waals surface area contributed by atoms with E-state index >= 15 is 0 Å². The lowest BCUT2D eigenvalue weighted by Gasteiger charge is -2.24. The van der Waals surface area contributed by atoms with Crippen LogP contribution in [0.25, 0.3) is 0 Å². The Balaban J connectivity index is 1.92. The zero-order chi connectivity index (χ0) is 13.6. The Morgan fingerprint density at radius 3 is 2.63 bits per heavy atom. The molecule has 2 aliphatic heterocycles. The van der Waals surface area contributed by atoms with Gasteiger partial charge in [0.2, 0.25) is 5.91 Å². The number of benzene rings is 1. The number of amides is 1. The molecule has 100 valence electrons. The molecule has 0 saturated carbocycles. The van der Waals surface area contributed by atoms with Crippen molar-refractivity contribution in [1.29, 1.82) is 0 Å². The van der Waals surface area contributed by atoms with Gasteiger partial charge < -0.3 is 0 Å². The van der Waals surface area contributed by atoms with E-state index in [0.717, 1.165) is 25.1 Å². The molecule has 6 nitrogen and oxygen atoms in total. The summed E-state index contributed by atoms with van der Waals surface area (Å²) in [6.45, 7) is 2.87. The Kier molecular flexibility index (Phi) is 2.74. The van der Waals surface area contributed by atoms with E-state index in [4.69, 9.17) is 0 Å². The first-order valence-electron chi connectivity index (χ1n) is 6.43. The van der Waals surface area contributed by atoms with Gasteiger partial charge in [-0.1, -0.05) is 0 Å². The molecular weight excluding hydrogens is 246 g/mol.